The summed E-state index contributed by atoms with van der Waals surface area (Å²) < 4.78 is 0. The topological polar surface area (TPSA) is 12.0 Å². The van der Waals surface area contributed by atoms with Crippen molar-refractivity contribution in [1.82, 2.24) is 5.32 Å². The first-order valence-electron chi connectivity index (χ1n) is 8.93. The van der Waals surface area contributed by atoms with E-state index in [1.54, 1.807) is 0 Å². The first-order valence-corrected chi connectivity index (χ1v) is 8.93. The Bertz CT molecular complexity index is 214. The molecule has 0 bridgehead atoms. The minimum Gasteiger partial charge on any atom is -0.314 e. The maximum atomic E-state index is 3.63. The highest BCUT2D eigenvalue weighted by atomic mass is 14.9. The smallest absolute Gasteiger partial charge is 0.00723 e. The highest BCUT2D eigenvalue weighted by molar-refractivity contribution is 4.89. The Morgan fingerprint density at radius 1 is 0.947 bits per heavy atom. The Morgan fingerprint density at radius 3 is 2.21 bits per heavy atom. The second-order valence-corrected chi connectivity index (χ2v) is 7.03. The van der Waals surface area contributed by atoms with Crippen molar-refractivity contribution in [2.45, 2.75) is 104 Å². The van der Waals surface area contributed by atoms with Gasteiger partial charge in [0.05, 0.1) is 0 Å². The molecule has 1 heteroatoms. The van der Waals surface area contributed by atoms with E-state index >= 15 is 0 Å². The van der Waals surface area contributed by atoms with E-state index in [4.69, 9.17) is 0 Å². The number of unbranched alkanes of at least 4 members (excludes halogenated alkanes) is 7. The fourth-order valence-electron chi connectivity index (χ4n) is 3.70. The van der Waals surface area contributed by atoms with Crippen LogP contribution in [0.5, 0.6) is 0 Å². The first-order chi connectivity index (χ1) is 9.20. The van der Waals surface area contributed by atoms with Crippen molar-refractivity contribution < 1.29 is 0 Å². The van der Waals surface area contributed by atoms with Gasteiger partial charge in [0.25, 0.3) is 0 Å². The van der Waals surface area contributed by atoms with Gasteiger partial charge in [-0.2, -0.15) is 0 Å². The molecule has 19 heavy (non-hydrogen) atoms. The molecule has 0 amide bonds. The van der Waals surface area contributed by atoms with Crippen LogP contribution in [0.4, 0.5) is 0 Å². The van der Waals surface area contributed by atoms with Crippen molar-refractivity contribution in [3.63, 3.8) is 0 Å². The normalized spacial score (nSPS) is 27.0. The van der Waals surface area contributed by atoms with Crippen LogP contribution in [-0.4, -0.2) is 12.6 Å². The van der Waals surface area contributed by atoms with Gasteiger partial charge in [0.2, 0.25) is 0 Å². The van der Waals surface area contributed by atoms with Crippen LogP contribution in [0.25, 0.3) is 0 Å². The van der Waals surface area contributed by atoms with E-state index in [-0.39, 0.29) is 0 Å². The summed E-state index contributed by atoms with van der Waals surface area (Å²) in [5.74, 6) is 0. The van der Waals surface area contributed by atoms with E-state index in [1.807, 2.05) is 0 Å². The molecule has 0 aliphatic heterocycles. The zero-order chi connectivity index (χ0) is 14.0. The average molecular weight is 268 g/mol. The van der Waals surface area contributed by atoms with Crippen molar-refractivity contribution in [2.75, 3.05) is 6.54 Å². The molecule has 0 aromatic rings. The van der Waals surface area contributed by atoms with Gasteiger partial charge in [-0.05, 0) is 37.6 Å². The Morgan fingerprint density at radius 2 is 1.58 bits per heavy atom. The minimum absolute atomic E-state index is 0.648. The SMILES string of the molecule is CCCCCCCCCCC1(C)CCC(NCC)C1. The van der Waals surface area contributed by atoms with E-state index in [0.717, 1.165) is 12.6 Å². The monoisotopic (exact) mass is 267 g/mol. The summed E-state index contributed by atoms with van der Waals surface area (Å²) in [6.45, 7) is 8.18. The van der Waals surface area contributed by atoms with Crippen LogP contribution in [0, 0.1) is 5.41 Å². The van der Waals surface area contributed by atoms with E-state index in [9.17, 15) is 0 Å². The van der Waals surface area contributed by atoms with E-state index in [2.05, 4.69) is 26.1 Å². The molecule has 1 aliphatic rings. The Labute approximate surface area is 121 Å². The molecule has 1 saturated carbocycles. The van der Waals surface area contributed by atoms with Gasteiger partial charge < -0.3 is 5.32 Å². The van der Waals surface area contributed by atoms with Crippen molar-refractivity contribution in [3.8, 4) is 0 Å². The van der Waals surface area contributed by atoms with Crippen LogP contribution in [0.1, 0.15) is 97.8 Å². The molecule has 1 N–H and O–H groups in total. The summed E-state index contributed by atoms with van der Waals surface area (Å²) in [6, 6.07) is 0.809. The average Bonchev–Trinajstić information content (AvgIpc) is 2.75. The second-order valence-electron chi connectivity index (χ2n) is 7.03. The lowest BCUT2D eigenvalue weighted by Gasteiger charge is -2.24. The molecular formula is C18H37N. The molecule has 1 aliphatic carbocycles. The summed E-state index contributed by atoms with van der Waals surface area (Å²) in [4.78, 5) is 0. The minimum atomic E-state index is 0.648. The van der Waals surface area contributed by atoms with E-state index in [0.29, 0.717) is 5.41 Å². The Hall–Kier alpha value is -0.0400. The van der Waals surface area contributed by atoms with Crippen molar-refractivity contribution in [3.05, 3.63) is 0 Å². The fourth-order valence-corrected chi connectivity index (χ4v) is 3.70. The van der Waals surface area contributed by atoms with Crippen LogP contribution in [0.3, 0.4) is 0 Å². The fraction of sp³-hybridized carbons (Fsp3) is 1.00. The molecule has 1 rings (SSSR count). The Kier molecular flexibility index (Phi) is 8.77. The zero-order valence-corrected chi connectivity index (χ0v) is 13.8. The molecule has 1 nitrogen and oxygen atoms in total. The zero-order valence-electron chi connectivity index (χ0n) is 13.8. The lowest BCUT2D eigenvalue weighted by Crippen LogP contribution is -2.27. The molecule has 1 fully saturated rings. The van der Waals surface area contributed by atoms with Gasteiger partial charge in [-0.1, -0.05) is 72.1 Å². The van der Waals surface area contributed by atoms with Crippen LogP contribution >= 0.6 is 0 Å². The quantitative estimate of drug-likeness (QED) is 0.474. The van der Waals surface area contributed by atoms with Crippen LogP contribution in [0.2, 0.25) is 0 Å². The van der Waals surface area contributed by atoms with Crippen LogP contribution < -0.4 is 5.32 Å². The number of hydrogen-bond acceptors (Lipinski definition) is 1. The summed E-state index contributed by atoms with van der Waals surface area (Å²) >= 11 is 0. The third kappa shape index (κ3) is 7.34. The number of hydrogen-bond donors (Lipinski definition) is 1. The molecule has 0 heterocycles. The first kappa shape index (κ1) is 17.0. The molecule has 114 valence electrons. The molecule has 2 atom stereocenters. The van der Waals surface area contributed by atoms with Crippen LogP contribution in [-0.2, 0) is 0 Å². The molecule has 0 aromatic carbocycles. The maximum absolute atomic E-state index is 3.63. The summed E-state index contributed by atoms with van der Waals surface area (Å²) in [5, 5.41) is 3.63. The van der Waals surface area contributed by atoms with Gasteiger partial charge in [-0.15, -0.1) is 0 Å². The number of nitrogens with one attached hydrogen (secondary N) is 1. The largest absolute Gasteiger partial charge is 0.314 e. The van der Waals surface area contributed by atoms with Gasteiger partial charge in [0.15, 0.2) is 0 Å². The predicted octanol–water partition coefficient (Wildman–Crippen LogP) is 5.69. The molecule has 2 unspecified atom stereocenters. The maximum Gasteiger partial charge on any atom is 0.00723 e. The van der Waals surface area contributed by atoms with Gasteiger partial charge in [0.1, 0.15) is 0 Å². The summed E-state index contributed by atoms with van der Waals surface area (Å²) in [5.41, 5.74) is 0.648. The van der Waals surface area contributed by atoms with Gasteiger partial charge in [-0.25, -0.2) is 0 Å². The lowest BCUT2D eigenvalue weighted by molar-refractivity contribution is 0.285. The van der Waals surface area contributed by atoms with Crippen LogP contribution in [0.15, 0.2) is 0 Å². The van der Waals surface area contributed by atoms with Crippen molar-refractivity contribution >= 4 is 0 Å². The standard InChI is InChI=1S/C18H37N/c1-4-6-7-8-9-10-11-12-14-18(3)15-13-17(16-18)19-5-2/h17,19H,4-16H2,1-3H3. The highest BCUT2D eigenvalue weighted by Gasteiger charge is 2.33. The van der Waals surface area contributed by atoms with Gasteiger partial charge in [-0.3, -0.25) is 0 Å². The third-order valence-corrected chi connectivity index (χ3v) is 4.96. The van der Waals surface area contributed by atoms with Crippen molar-refractivity contribution in [2.24, 2.45) is 5.41 Å². The summed E-state index contributed by atoms with van der Waals surface area (Å²) in [6.07, 6.45) is 17.3. The molecule has 0 spiro atoms. The predicted molar refractivity (Wildman–Crippen MR) is 86.6 cm³/mol. The molecule has 0 saturated heterocycles. The van der Waals surface area contributed by atoms with E-state index < -0.39 is 0 Å². The van der Waals surface area contributed by atoms with E-state index in [1.165, 1.54) is 77.0 Å². The molecular weight excluding hydrogens is 230 g/mol. The molecule has 0 aromatic heterocycles. The summed E-state index contributed by atoms with van der Waals surface area (Å²) in [7, 11) is 0. The second kappa shape index (κ2) is 9.80. The third-order valence-electron chi connectivity index (χ3n) is 4.96. The number of rotatable bonds is 11. The molecule has 0 radical (unpaired) electrons. The highest BCUT2D eigenvalue weighted by Crippen LogP contribution is 2.42. The van der Waals surface area contributed by atoms with Crippen molar-refractivity contribution in [1.29, 1.82) is 0 Å². The lowest BCUT2D eigenvalue weighted by atomic mass is 9.83. The Balaban J connectivity index is 1.97. The van der Waals surface area contributed by atoms with Gasteiger partial charge in [0, 0.05) is 6.04 Å². The van der Waals surface area contributed by atoms with Gasteiger partial charge >= 0.3 is 0 Å².